The van der Waals surface area contributed by atoms with Crippen molar-refractivity contribution >= 4 is 5.91 Å². The van der Waals surface area contributed by atoms with Gasteiger partial charge in [-0.1, -0.05) is 0 Å². The molecular formula is C17H15FN4O2. The van der Waals surface area contributed by atoms with E-state index < -0.39 is 0 Å². The van der Waals surface area contributed by atoms with Gasteiger partial charge in [-0.15, -0.1) is 0 Å². The number of rotatable bonds is 6. The molecule has 0 aliphatic heterocycles. The van der Waals surface area contributed by atoms with E-state index in [0.29, 0.717) is 23.7 Å². The summed E-state index contributed by atoms with van der Waals surface area (Å²) in [6.07, 6.45) is 6.57. The topological polar surface area (TPSA) is 69.0 Å². The van der Waals surface area contributed by atoms with E-state index in [4.69, 9.17) is 4.74 Å². The molecule has 0 aliphatic rings. The largest absolute Gasteiger partial charge is 0.492 e. The lowest BCUT2D eigenvalue weighted by atomic mass is 10.2. The summed E-state index contributed by atoms with van der Waals surface area (Å²) >= 11 is 0. The number of nitrogens with zero attached hydrogens (tertiary/aromatic N) is 3. The summed E-state index contributed by atoms with van der Waals surface area (Å²) in [7, 11) is 0. The first-order valence-corrected chi connectivity index (χ1v) is 7.33. The first-order valence-electron chi connectivity index (χ1n) is 7.33. The van der Waals surface area contributed by atoms with Crippen molar-refractivity contribution in [3.63, 3.8) is 0 Å². The summed E-state index contributed by atoms with van der Waals surface area (Å²) < 4.78 is 19.9. The Labute approximate surface area is 137 Å². The third-order valence-electron chi connectivity index (χ3n) is 3.25. The molecule has 2 heterocycles. The number of hydrogen-bond donors (Lipinski definition) is 1. The van der Waals surface area contributed by atoms with Gasteiger partial charge in [0.25, 0.3) is 5.91 Å². The monoisotopic (exact) mass is 326 g/mol. The van der Waals surface area contributed by atoms with Crippen molar-refractivity contribution in [2.24, 2.45) is 0 Å². The summed E-state index contributed by atoms with van der Waals surface area (Å²) in [5, 5.41) is 2.76. The van der Waals surface area contributed by atoms with Crippen molar-refractivity contribution in [1.29, 1.82) is 0 Å². The van der Waals surface area contributed by atoms with Crippen LogP contribution in [0.1, 0.15) is 10.4 Å². The van der Waals surface area contributed by atoms with Gasteiger partial charge < -0.3 is 10.1 Å². The second-order valence-corrected chi connectivity index (χ2v) is 4.93. The van der Waals surface area contributed by atoms with Crippen LogP contribution in [0.2, 0.25) is 0 Å². The summed E-state index contributed by atoms with van der Waals surface area (Å²) in [6.45, 7) is 0.621. The van der Waals surface area contributed by atoms with E-state index in [2.05, 4.69) is 15.3 Å². The molecule has 0 saturated carbocycles. The number of nitrogens with one attached hydrogen (secondary N) is 1. The predicted molar refractivity (Wildman–Crippen MR) is 85.6 cm³/mol. The molecule has 24 heavy (non-hydrogen) atoms. The van der Waals surface area contributed by atoms with Crippen molar-refractivity contribution < 1.29 is 13.9 Å². The van der Waals surface area contributed by atoms with Crippen LogP contribution in [0, 0.1) is 5.82 Å². The van der Waals surface area contributed by atoms with Gasteiger partial charge in [0, 0.05) is 24.2 Å². The van der Waals surface area contributed by atoms with Crippen molar-refractivity contribution in [3.05, 3.63) is 72.7 Å². The first-order chi connectivity index (χ1) is 11.7. The molecule has 2 aromatic heterocycles. The Morgan fingerprint density at radius 3 is 2.79 bits per heavy atom. The van der Waals surface area contributed by atoms with Gasteiger partial charge in [0.1, 0.15) is 30.3 Å². The Morgan fingerprint density at radius 1 is 1.21 bits per heavy atom. The van der Waals surface area contributed by atoms with Gasteiger partial charge in [-0.05, 0) is 36.4 Å². The van der Waals surface area contributed by atoms with Crippen LogP contribution in [-0.2, 0) is 0 Å². The number of carbonyl (C=O) groups is 1. The number of amides is 1. The number of halogens is 1. The number of carbonyl (C=O) groups excluding carboxylic acids is 1. The fraction of sp³-hybridized carbons (Fsp3) is 0.118. The average molecular weight is 326 g/mol. The number of ether oxygens (including phenoxy) is 1. The average Bonchev–Trinajstić information content (AvgIpc) is 3.15. The highest BCUT2D eigenvalue weighted by atomic mass is 19.1. The third-order valence-corrected chi connectivity index (χ3v) is 3.25. The van der Waals surface area contributed by atoms with E-state index in [0.717, 1.165) is 0 Å². The molecule has 0 unspecified atom stereocenters. The molecule has 0 saturated heterocycles. The maximum atomic E-state index is 12.8. The molecule has 0 fully saturated rings. The molecule has 6 nitrogen and oxygen atoms in total. The number of imidazole rings is 1. The van der Waals surface area contributed by atoms with E-state index >= 15 is 0 Å². The van der Waals surface area contributed by atoms with Crippen molar-refractivity contribution in [2.45, 2.75) is 0 Å². The SMILES string of the molecule is O=C(NCCOc1ccc(F)cc1)c1ccnc(-n2ccnc2)c1. The maximum Gasteiger partial charge on any atom is 0.251 e. The smallest absolute Gasteiger partial charge is 0.251 e. The lowest BCUT2D eigenvalue weighted by Crippen LogP contribution is -2.28. The van der Waals surface area contributed by atoms with Gasteiger partial charge in [0.2, 0.25) is 0 Å². The second kappa shape index (κ2) is 7.36. The molecule has 0 radical (unpaired) electrons. The Balaban J connectivity index is 1.52. The Hall–Kier alpha value is -3.22. The zero-order chi connectivity index (χ0) is 16.8. The molecule has 7 heteroatoms. The Morgan fingerprint density at radius 2 is 2.04 bits per heavy atom. The van der Waals surface area contributed by atoms with Crippen molar-refractivity contribution in [1.82, 2.24) is 19.9 Å². The normalized spacial score (nSPS) is 10.4. The van der Waals surface area contributed by atoms with E-state index in [9.17, 15) is 9.18 Å². The second-order valence-electron chi connectivity index (χ2n) is 4.93. The van der Waals surface area contributed by atoms with E-state index in [-0.39, 0.29) is 18.3 Å². The molecule has 0 spiro atoms. The van der Waals surface area contributed by atoms with Gasteiger partial charge in [0.15, 0.2) is 0 Å². The molecule has 0 atom stereocenters. The highest BCUT2D eigenvalue weighted by molar-refractivity contribution is 5.94. The molecule has 3 rings (SSSR count). The number of benzene rings is 1. The van der Waals surface area contributed by atoms with E-state index in [1.54, 1.807) is 41.6 Å². The highest BCUT2D eigenvalue weighted by Gasteiger charge is 2.07. The minimum atomic E-state index is -0.318. The van der Waals surface area contributed by atoms with Crippen LogP contribution in [0.5, 0.6) is 5.75 Å². The minimum Gasteiger partial charge on any atom is -0.492 e. The van der Waals surface area contributed by atoms with Crippen molar-refractivity contribution in [2.75, 3.05) is 13.2 Å². The summed E-state index contributed by atoms with van der Waals surface area (Å²) in [5.41, 5.74) is 0.496. The zero-order valence-electron chi connectivity index (χ0n) is 12.7. The van der Waals surface area contributed by atoms with Crippen LogP contribution in [0.4, 0.5) is 4.39 Å². The molecule has 0 bridgehead atoms. The number of aromatic nitrogens is 3. The zero-order valence-corrected chi connectivity index (χ0v) is 12.7. The number of pyridine rings is 1. The van der Waals surface area contributed by atoms with Gasteiger partial charge in [-0.25, -0.2) is 14.4 Å². The van der Waals surface area contributed by atoms with Crippen LogP contribution in [-0.4, -0.2) is 33.6 Å². The number of hydrogen-bond acceptors (Lipinski definition) is 4. The highest BCUT2D eigenvalue weighted by Crippen LogP contribution is 2.10. The summed E-state index contributed by atoms with van der Waals surface area (Å²) in [4.78, 5) is 20.3. The quantitative estimate of drug-likeness (QED) is 0.705. The standard InChI is InChI=1S/C17H15FN4O2/c18-14-1-3-15(4-2-14)24-10-8-21-17(23)13-5-6-20-16(11-13)22-9-7-19-12-22/h1-7,9,11-12H,8,10H2,(H,21,23). The fourth-order valence-electron chi connectivity index (χ4n) is 2.06. The molecule has 1 aromatic carbocycles. The molecule has 0 aliphatic carbocycles. The maximum absolute atomic E-state index is 12.8. The molecule has 1 N–H and O–H groups in total. The fourth-order valence-corrected chi connectivity index (χ4v) is 2.06. The summed E-state index contributed by atoms with van der Waals surface area (Å²) in [6, 6.07) is 9.04. The summed E-state index contributed by atoms with van der Waals surface area (Å²) in [5.74, 6) is 0.628. The van der Waals surface area contributed by atoms with Crippen LogP contribution in [0.15, 0.2) is 61.3 Å². The van der Waals surface area contributed by atoms with Crippen LogP contribution >= 0.6 is 0 Å². The molecular weight excluding hydrogens is 311 g/mol. The van der Waals surface area contributed by atoms with E-state index in [1.807, 2.05) is 0 Å². The van der Waals surface area contributed by atoms with E-state index in [1.165, 1.54) is 24.3 Å². The van der Waals surface area contributed by atoms with Gasteiger partial charge in [-0.3, -0.25) is 9.36 Å². The lowest BCUT2D eigenvalue weighted by Gasteiger charge is -2.08. The van der Waals surface area contributed by atoms with Crippen molar-refractivity contribution in [3.8, 4) is 11.6 Å². The van der Waals surface area contributed by atoms with Crippen LogP contribution in [0.25, 0.3) is 5.82 Å². The first kappa shape index (κ1) is 15.7. The Kier molecular flexibility index (Phi) is 4.81. The molecule has 1 amide bonds. The molecule has 122 valence electrons. The minimum absolute atomic E-state index is 0.221. The Bertz CT molecular complexity index is 804. The lowest BCUT2D eigenvalue weighted by molar-refractivity contribution is 0.0947. The predicted octanol–water partition coefficient (Wildman–Crippen LogP) is 2.22. The van der Waals surface area contributed by atoms with Crippen LogP contribution in [0.3, 0.4) is 0 Å². The van der Waals surface area contributed by atoms with Gasteiger partial charge >= 0.3 is 0 Å². The van der Waals surface area contributed by atoms with Gasteiger partial charge in [-0.2, -0.15) is 0 Å². The van der Waals surface area contributed by atoms with Gasteiger partial charge in [0.05, 0.1) is 6.54 Å². The molecule has 3 aromatic rings. The third kappa shape index (κ3) is 3.95. The van der Waals surface area contributed by atoms with Crippen LogP contribution < -0.4 is 10.1 Å².